The lowest BCUT2D eigenvalue weighted by Gasteiger charge is -2.31. The highest BCUT2D eigenvalue weighted by molar-refractivity contribution is 9.10. The van der Waals surface area contributed by atoms with Crippen LogP contribution >= 0.6 is 15.9 Å². The van der Waals surface area contributed by atoms with Crippen LogP contribution in [0.2, 0.25) is 0 Å². The summed E-state index contributed by atoms with van der Waals surface area (Å²) in [7, 11) is 0. The van der Waals surface area contributed by atoms with E-state index in [1.54, 1.807) is 0 Å². The van der Waals surface area contributed by atoms with E-state index in [9.17, 15) is 4.79 Å². The maximum atomic E-state index is 12.2. The van der Waals surface area contributed by atoms with Gasteiger partial charge in [0.2, 0.25) is 5.91 Å². The normalized spacial score (nSPS) is 14.1. The van der Waals surface area contributed by atoms with Crippen LogP contribution in [0.5, 0.6) is 0 Å². The molecule has 0 saturated carbocycles. The Balaban J connectivity index is 2.81. The highest BCUT2D eigenvalue weighted by Crippen LogP contribution is 2.28. The fourth-order valence-corrected chi connectivity index (χ4v) is 1.81. The molecule has 0 bridgehead atoms. The molecule has 0 unspecified atom stereocenters. The smallest absolute Gasteiger partial charge is 0.234 e. The summed E-state index contributed by atoms with van der Waals surface area (Å²) in [5.41, 5.74) is 0.638. The van der Waals surface area contributed by atoms with Crippen LogP contribution in [0.4, 0.5) is 0 Å². The minimum absolute atomic E-state index is 0.0244. The lowest BCUT2D eigenvalue weighted by Crippen LogP contribution is -2.47. The molecular formula is C15H22BrNO. The lowest BCUT2D eigenvalue weighted by molar-refractivity contribution is -0.123. The first-order chi connectivity index (χ1) is 8.14. The number of carbonyl (C=O) groups excluding carboxylic acids is 1. The minimum Gasteiger partial charge on any atom is -0.346 e. The second kappa shape index (κ2) is 5.43. The summed E-state index contributed by atoms with van der Waals surface area (Å²) in [5.74, 6) is 0.0244. The average Bonchev–Trinajstić information content (AvgIpc) is 2.27. The fourth-order valence-electron chi connectivity index (χ4n) is 1.69. The second-order valence-electron chi connectivity index (χ2n) is 6.21. The average molecular weight is 312 g/mol. The van der Waals surface area contributed by atoms with E-state index in [0.29, 0.717) is 0 Å². The number of nitrogens with one attached hydrogen (secondary N) is 1. The largest absolute Gasteiger partial charge is 0.346 e. The van der Waals surface area contributed by atoms with Crippen molar-refractivity contribution in [2.24, 2.45) is 5.41 Å². The van der Waals surface area contributed by atoms with Crippen LogP contribution in [-0.4, -0.2) is 10.7 Å². The molecule has 0 aliphatic rings. The van der Waals surface area contributed by atoms with Gasteiger partial charge in [0.1, 0.15) is 0 Å². The van der Waals surface area contributed by atoms with Crippen molar-refractivity contribution in [2.75, 3.05) is 0 Å². The molecule has 1 aromatic rings. The molecule has 1 rings (SSSR count). The van der Waals surface area contributed by atoms with E-state index in [2.05, 4.69) is 21.2 Å². The first kappa shape index (κ1) is 15.2. The van der Waals surface area contributed by atoms with Crippen LogP contribution in [0.1, 0.15) is 40.2 Å². The van der Waals surface area contributed by atoms with Crippen LogP contribution in [0.15, 0.2) is 30.3 Å². The van der Waals surface area contributed by atoms with Crippen LogP contribution < -0.4 is 5.32 Å². The molecule has 100 valence electrons. The summed E-state index contributed by atoms with van der Waals surface area (Å²) in [5, 5.41) is 3.09. The molecule has 0 fully saturated rings. The summed E-state index contributed by atoms with van der Waals surface area (Å²) in [4.78, 5) is 12.0. The molecule has 1 N–H and O–H groups in total. The highest BCUT2D eigenvalue weighted by atomic mass is 79.9. The molecule has 3 heteroatoms. The Hall–Kier alpha value is -0.830. The number of rotatable bonds is 3. The maximum Gasteiger partial charge on any atom is 0.234 e. The van der Waals surface area contributed by atoms with Crippen molar-refractivity contribution in [3.63, 3.8) is 0 Å². The molecule has 2 nitrogen and oxygen atoms in total. The van der Waals surface area contributed by atoms with Crippen LogP contribution in [-0.2, 0) is 10.3 Å². The molecule has 1 aromatic carbocycles. The maximum absolute atomic E-state index is 12.2. The fraction of sp³-hybridized carbons (Fsp3) is 0.533. The standard InChI is InChI=1S/C15H22BrNO/c1-14(2,3)12(16)13(18)17-15(4,5)11-9-7-6-8-10-11/h6-10,12H,1-5H3,(H,17,18)/t12-/m1/s1. The van der Waals surface area contributed by atoms with Crippen LogP contribution in [0.3, 0.4) is 0 Å². The van der Waals surface area contributed by atoms with E-state index in [4.69, 9.17) is 0 Å². The number of benzene rings is 1. The third-order valence-electron chi connectivity index (χ3n) is 2.92. The van der Waals surface area contributed by atoms with Gasteiger partial charge in [-0.25, -0.2) is 0 Å². The van der Waals surface area contributed by atoms with E-state index >= 15 is 0 Å². The van der Waals surface area contributed by atoms with E-state index in [-0.39, 0.29) is 21.7 Å². The van der Waals surface area contributed by atoms with Crippen molar-refractivity contribution >= 4 is 21.8 Å². The molecule has 0 heterocycles. The molecule has 0 aliphatic carbocycles. The summed E-state index contributed by atoms with van der Waals surface area (Å²) < 4.78 is 0. The third-order valence-corrected chi connectivity index (χ3v) is 4.71. The first-order valence-electron chi connectivity index (χ1n) is 6.16. The van der Waals surface area contributed by atoms with Crippen LogP contribution in [0, 0.1) is 5.41 Å². The van der Waals surface area contributed by atoms with Crippen molar-refractivity contribution in [3.05, 3.63) is 35.9 Å². The van der Waals surface area contributed by atoms with Gasteiger partial charge in [-0.15, -0.1) is 0 Å². The van der Waals surface area contributed by atoms with Gasteiger partial charge in [0.15, 0.2) is 0 Å². The molecule has 1 amide bonds. The third kappa shape index (κ3) is 3.84. The van der Waals surface area contributed by atoms with Gasteiger partial charge in [-0.2, -0.15) is 0 Å². The summed E-state index contributed by atoms with van der Waals surface area (Å²) in [6.45, 7) is 10.2. The van der Waals surface area contributed by atoms with Gasteiger partial charge < -0.3 is 5.32 Å². The Kier molecular flexibility index (Phi) is 4.60. The molecule has 0 saturated heterocycles. The molecule has 0 aromatic heterocycles. The zero-order chi connectivity index (χ0) is 14.0. The van der Waals surface area contributed by atoms with Gasteiger partial charge in [-0.1, -0.05) is 67.0 Å². The van der Waals surface area contributed by atoms with Gasteiger partial charge in [0.25, 0.3) is 0 Å². The lowest BCUT2D eigenvalue weighted by atomic mass is 9.89. The van der Waals surface area contributed by atoms with E-state index in [0.717, 1.165) is 5.56 Å². The molecular weight excluding hydrogens is 290 g/mol. The van der Waals surface area contributed by atoms with Crippen molar-refractivity contribution < 1.29 is 4.79 Å². The summed E-state index contributed by atoms with van der Waals surface area (Å²) in [6, 6.07) is 10.0. The SMILES string of the molecule is CC(C)(NC(=O)[C@@H](Br)C(C)(C)C)c1ccccc1. The predicted octanol–water partition coefficient (Wildman–Crippen LogP) is 3.85. The van der Waals surface area contributed by atoms with Crippen molar-refractivity contribution in [3.8, 4) is 0 Å². The van der Waals surface area contributed by atoms with E-state index < -0.39 is 0 Å². The summed E-state index contributed by atoms with van der Waals surface area (Å²) >= 11 is 3.48. The predicted molar refractivity (Wildman–Crippen MR) is 79.8 cm³/mol. The highest BCUT2D eigenvalue weighted by Gasteiger charge is 2.32. The van der Waals surface area contributed by atoms with E-state index in [1.165, 1.54) is 0 Å². The molecule has 18 heavy (non-hydrogen) atoms. The number of alkyl halides is 1. The van der Waals surface area contributed by atoms with Gasteiger partial charge in [-0.3, -0.25) is 4.79 Å². The van der Waals surface area contributed by atoms with Gasteiger partial charge in [-0.05, 0) is 24.8 Å². The van der Waals surface area contributed by atoms with E-state index in [1.807, 2.05) is 65.0 Å². The Morgan fingerprint density at radius 2 is 1.61 bits per heavy atom. The Bertz CT molecular complexity index is 406. The zero-order valence-corrected chi connectivity index (χ0v) is 13.3. The number of halogens is 1. The number of amides is 1. The second-order valence-corrected chi connectivity index (χ2v) is 7.12. The molecule has 0 spiro atoms. The number of carbonyl (C=O) groups is 1. The topological polar surface area (TPSA) is 29.1 Å². The van der Waals surface area contributed by atoms with Crippen molar-refractivity contribution in [1.82, 2.24) is 5.32 Å². The Labute approximate surface area is 118 Å². The molecule has 0 radical (unpaired) electrons. The van der Waals surface area contributed by atoms with Gasteiger partial charge in [0.05, 0.1) is 10.4 Å². The minimum atomic E-state index is -0.365. The van der Waals surface area contributed by atoms with Gasteiger partial charge >= 0.3 is 0 Å². The molecule has 0 aliphatic heterocycles. The zero-order valence-electron chi connectivity index (χ0n) is 11.8. The Morgan fingerprint density at radius 3 is 2.06 bits per heavy atom. The van der Waals surface area contributed by atoms with Crippen molar-refractivity contribution in [2.45, 2.75) is 45.0 Å². The van der Waals surface area contributed by atoms with Crippen molar-refractivity contribution in [1.29, 1.82) is 0 Å². The Morgan fingerprint density at radius 1 is 1.11 bits per heavy atom. The number of hydrogen-bond donors (Lipinski definition) is 1. The van der Waals surface area contributed by atoms with Gasteiger partial charge in [0, 0.05) is 0 Å². The quantitative estimate of drug-likeness (QED) is 0.844. The monoisotopic (exact) mass is 311 g/mol. The van der Waals surface area contributed by atoms with Crippen LogP contribution in [0.25, 0.3) is 0 Å². The summed E-state index contributed by atoms with van der Waals surface area (Å²) in [6.07, 6.45) is 0. The molecule has 1 atom stereocenters. The first-order valence-corrected chi connectivity index (χ1v) is 7.08. The number of hydrogen-bond acceptors (Lipinski definition) is 1.